The first-order valence-corrected chi connectivity index (χ1v) is 5.13. The van der Waals surface area contributed by atoms with E-state index in [0.29, 0.717) is 0 Å². The minimum atomic E-state index is -0.589. The van der Waals surface area contributed by atoms with Gasteiger partial charge in [0.25, 0.3) is 5.91 Å². The Hall–Kier alpha value is -1.30. The van der Waals surface area contributed by atoms with Crippen molar-refractivity contribution in [2.75, 3.05) is 7.11 Å². The molecule has 1 rings (SSSR count). The summed E-state index contributed by atoms with van der Waals surface area (Å²) in [6.45, 7) is 7.08. The molecule has 2 unspecified atom stereocenters. The van der Waals surface area contributed by atoms with E-state index in [-0.39, 0.29) is 11.9 Å². The van der Waals surface area contributed by atoms with Gasteiger partial charge in [0, 0.05) is 0 Å². The highest BCUT2D eigenvalue weighted by Gasteiger charge is 2.46. The van der Waals surface area contributed by atoms with Crippen LogP contribution in [-0.4, -0.2) is 41.9 Å². The Morgan fingerprint density at radius 3 is 2.38 bits per heavy atom. The van der Waals surface area contributed by atoms with Gasteiger partial charge in [0.2, 0.25) is 0 Å². The molecule has 0 aliphatic carbocycles. The summed E-state index contributed by atoms with van der Waals surface area (Å²) in [5.74, 6) is -0.263. The van der Waals surface area contributed by atoms with E-state index < -0.39 is 17.7 Å². The molecular formula is C10H18N2O4. The number of ether oxygens (including phenoxy) is 1. The van der Waals surface area contributed by atoms with Crippen molar-refractivity contribution in [3.8, 4) is 0 Å². The van der Waals surface area contributed by atoms with E-state index in [4.69, 9.17) is 9.57 Å². The molecule has 92 valence electrons. The molecule has 2 amide bonds. The number of carbonyl (C=O) groups excluding carboxylic acids is 2. The topological polar surface area (TPSA) is 67.9 Å². The van der Waals surface area contributed by atoms with Crippen LogP contribution in [0.1, 0.15) is 27.7 Å². The fraction of sp³-hybridized carbons (Fsp3) is 0.800. The molecular weight excluding hydrogens is 212 g/mol. The van der Waals surface area contributed by atoms with Crippen LogP contribution >= 0.6 is 0 Å². The summed E-state index contributed by atoms with van der Waals surface area (Å²) in [6, 6.07) is -0.736. The third kappa shape index (κ3) is 2.63. The summed E-state index contributed by atoms with van der Waals surface area (Å²) in [6.07, 6.45) is -0.589. The number of nitrogens with one attached hydrogen (secondary N) is 1. The molecule has 0 bridgehead atoms. The van der Waals surface area contributed by atoms with E-state index in [1.807, 2.05) is 0 Å². The predicted octanol–water partition coefficient (Wildman–Crippen LogP) is 0.672. The zero-order valence-corrected chi connectivity index (χ0v) is 10.2. The SMILES string of the molecule is CON1C(=O)C(NC(=O)OC(C)(C)C)C1C. The van der Waals surface area contributed by atoms with Crippen LogP contribution in [0.15, 0.2) is 0 Å². The van der Waals surface area contributed by atoms with E-state index in [9.17, 15) is 9.59 Å². The molecule has 1 heterocycles. The smallest absolute Gasteiger partial charge is 0.408 e. The Bertz CT molecular complexity index is 298. The van der Waals surface area contributed by atoms with Crippen LogP contribution in [0.2, 0.25) is 0 Å². The second-order valence-corrected chi connectivity index (χ2v) is 4.71. The number of hydrogen-bond acceptors (Lipinski definition) is 4. The highest BCUT2D eigenvalue weighted by atomic mass is 16.7. The van der Waals surface area contributed by atoms with Gasteiger partial charge in [-0.3, -0.25) is 9.63 Å². The van der Waals surface area contributed by atoms with Gasteiger partial charge in [-0.1, -0.05) is 0 Å². The molecule has 6 nitrogen and oxygen atoms in total. The fourth-order valence-corrected chi connectivity index (χ4v) is 1.47. The van der Waals surface area contributed by atoms with Crippen molar-refractivity contribution in [1.82, 2.24) is 10.4 Å². The number of hydrogen-bond donors (Lipinski definition) is 1. The largest absolute Gasteiger partial charge is 0.444 e. The molecule has 16 heavy (non-hydrogen) atoms. The maximum Gasteiger partial charge on any atom is 0.408 e. The zero-order chi connectivity index (χ0) is 12.5. The number of alkyl carbamates (subject to hydrolysis) is 1. The summed E-state index contributed by atoms with van der Waals surface area (Å²) < 4.78 is 5.05. The second kappa shape index (κ2) is 4.29. The molecule has 1 aliphatic rings. The number of carbonyl (C=O) groups is 2. The molecule has 6 heteroatoms. The van der Waals surface area contributed by atoms with E-state index in [1.54, 1.807) is 27.7 Å². The monoisotopic (exact) mass is 230 g/mol. The predicted molar refractivity (Wildman–Crippen MR) is 56.5 cm³/mol. The zero-order valence-electron chi connectivity index (χ0n) is 10.2. The van der Waals surface area contributed by atoms with Gasteiger partial charge in [0.15, 0.2) is 0 Å². The standard InChI is InChI=1S/C10H18N2O4/c1-6-7(8(13)12(6)15-5)11-9(14)16-10(2,3)4/h6-7H,1-5H3,(H,11,14). The van der Waals surface area contributed by atoms with Gasteiger partial charge in [-0.25, -0.2) is 9.86 Å². The third-order valence-electron chi connectivity index (χ3n) is 2.20. The molecule has 1 N–H and O–H groups in total. The summed E-state index contributed by atoms with van der Waals surface area (Å²) in [7, 11) is 1.41. The summed E-state index contributed by atoms with van der Waals surface area (Å²) in [5.41, 5.74) is -0.568. The average Bonchev–Trinajstić information content (AvgIpc) is 2.12. The Morgan fingerprint density at radius 2 is 2.00 bits per heavy atom. The minimum Gasteiger partial charge on any atom is -0.444 e. The van der Waals surface area contributed by atoms with Crippen LogP contribution in [0.3, 0.4) is 0 Å². The normalized spacial score (nSPS) is 25.1. The quantitative estimate of drug-likeness (QED) is 0.708. The van der Waals surface area contributed by atoms with Gasteiger partial charge in [-0.2, -0.15) is 0 Å². The van der Waals surface area contributed by atoms with Gasteiger partial charge < -0.3 is 10.1 Å². The van der Waals surface area contributed by atoms with Crippen LogP contribution in [-0.2, 0) is 14.4 Å². The highest BCUT2D eigenvalue weighted by Crippen LogP contribution is 2.19. The molecule has 1 fully saturated rings. The lowest BCUT2D eigenvalue weighted by Crippen LogP contribution is -2.69. The lowest BCUT2D eigenvalue weighted by molar-refractivity contribution is -0.220. The van der Waals surface area contributed by atoms with Crippen LogP contribution in [0.25, 0.3) is 0 Å². The Morgan fingerprint density at radius 1 is 1.44 bits per heavy atom. The molecule has 0 aromatic carbocycles. The van der Waals surface area contributed by atoms with E-state index in [0.717, 1.165) is 0 Å². The summed E-state index contributed by atoms with van der Waals surface area (Å²) in [5, 5.41) is 3.71. The summed E-state index contributed by atoms with van der Waals surface area (Å²) in [4.78, 5) is 27.7. The van der Waals surface area contributed by atoms with Crippen LogP contribution in [0.5, 0.6) is 0 Å². The molecule has 0 saturated carbocycles. The van der Waals surface area contributed by atoms with Crippen molar-refractivity contribution in [2.45, 2.75) is 45.4 Å². The van der Waals surface area contributed by atoms with Gasteiger partial charge >= 0.3 is 6.09 Å². The van der Waals surface area contributed by atoms with E-state index in [1.165, 1.54) is 12.2 Å². The average molecular weight is 230 g/mol. The van der Waals surface area contributed by atoms with Gasteiger partial charge in [-0.15, -0.1) is 0 Å². The molecule has 1 saturated heterocycles. The van der Waals surface area contributed by atoms with Crippen LogP contribution in [0.4, 0.5) is 4.79 Å². The maximum atomic E-state index is 11.4. The van der Waals surface area contributed by atoms with E-state index in [2.05, 4.69) is 5.32 Å². The number of nitrogens with zero attached hydrogens (tertiary/aromatic N) is 1. The van der Waals surface area contributed by atoms with Crippen molar-refractivity contribution in [2.24, 2.45) is 0 Å². The van der Waals surface area contributed by atoms with Crippen molar-refractivity contribution < 1.29 is 19.2 Å². The lowest BCUT2D eigenvalue weighted by atomic mass is 10.0. The molecule has 0 radical (unpaired) electrons. The van der Waals surface area contributed by atoms with Crippen LogP contribution < -0.4 is 5.32 Å². The first-order valence-electron chi connectivity index (χ1n) is 5.13. The molecule has 2 atom stereocenters. The number of β-lactam (4-membered cyclic amide) rings is 1. The van der Waals surface area contributed by atoms with Crippen LogP contribution in [0, 0.1) is 0 Å². The molecule has 0 aromatic heterocycles. The maximum absolute atomic E-state index is 11.4. The minimum absolute atomic E-state index is 0.176. The Labute approximate surface area is 94.8 Å². The van der Waals surface area contributed by atoms with Crippen molar-refractivity contribution in [3.05, 3.63) is 0 Å². The highest BCUT2D eigenvalue weighted by molar-refractivity contribution is 5.91. The Kier molecular flexibility index (Phi) is 3.42. The number of amides is 2. The van der Waals surface area contributed by atoms with Crippen molar-refractivity contribution in [1.29, 1.82) is 0 Å². The van der Waals surface area contributed by atoms with Gasteiger partial charge in [-0.05, 0) is 27.7 Å². The number of hydroxylamine groups is 2. The lowest BCUT2D eigenvalue weighted by Gasteiger charge is -2.42. The van der Waals surface area contributed by atoms with Crippen molar-refractivity contribution in [3.63, 3.8) is 0 Å². The molecule has 0 spiro atoms. The first-order chi connectivity index (χ1) is 7.26. The Balaban J connectivity index is 2.45. The second-order valence-electron chi connectivity index (χ2n) is 4.71. The van der Waals surface area contributed by atoms with E-state index >= 15 is 0 Å². The summed E-state index contributed by atoms with van der Waals surface area (Å²) >= 11 is 0. The molecule has 0 aromatic rings. The fourth-order valence-electron chi connectivity index (χ4n) is 1.47. The van der Waals surface area contributed by atoms with Crippen molar-refractivity contribution >= 4 is 12.0 Å². The number of rotatable bonds is 2. The molecule has 1 aliphatic heterocycles. The third-order valence-corrected chi connectivity index (χ3v) is 2.20. The van der Waals surface area contributed by atoms with Gasteiger partial charge in [0.1, 0.15) is 11.6 Å². The first kappa shape index (κ1) is 12.8. The van der Waals surface area contributed by atoms with Gasteiger partial charge in [0.05, 0.1) is 13.2 Å².